The molecule has 2 aromatic rings. The molecule has 6 heteroatoms. The zero-order valence-electron chi connectivity index (χ0n) is 14.8. The van der Waals surface area contributed by atoms with Gasteiger partial charge in [-0.3, -0.25) is 4.79 Å². The Kier molecular flexibility index (Phi) is 5.30. The fraction of sp³-hybridized carbons (Fsp3) is 0.200. The van der Waals surface area contributed by atoms with Gasteiger partial charge in [0.15, 0.2) is 5.11 Å². The molecule has 0 aromatic heterocycles. The van der Waals surface area contributed by atoms with E-state index in [1.54, 1.807) is 12.1 Å². The molecule has 26 heavy (non-hydrogen) atoms. The summed E-state index contributed by atoms with van der Waals surface area (Å²) in [7, 11) is 0. The summed E-state index contributed by atoms with van der Waals surface area (Å²) in [5, 5.41) is 10.4. The minimum atomic E-state index is -0.342. The van der Waals surface area contributed by atoms with Crippen LogP contribution in [0.1, 0.15) is 29.7 Å². The molecule has 0 radical (unpaired) electrons. The lowest BCUT2D eigenvalue weighted by molar-refractivity contribution is -0.113. The van der Waals surface area contributed by atoms with Gasteiger partial charge in [0.05, 0.1) is 11.6 Å². The van der Waals surface area contributed by atoms with Crippen LogP contribution < -0.4 is 16.0 Å². The van der Waals surface area contributed by atoms with E-state index < -0.39 is 0 Å². The molecule has 1 aliphatic rings. The lowest BCUT2D eigenvalue weighted by atomic mass is 9.95. The second-order valence-corrected chi connectivity index (χ2v) is 7.24. The SMILES string of the molecule is CC1=C(C(=O)Nc2cc(C)ccc2C)[C@@H](c2ccc(Cl)cc2)NC(=S)N1. The van der Waals surface area contributed by atoms with E-state index in [-0.39, 0.29) is 11.9 Å². The van der Waals surface area contributed by atoms with E-state index in [9.17, 15) is 4.79 Å². The van der Waals surface area contributed by atoms with E-state index in [4.69, 9.17) is 23.8 Å². The van der Waals surface area contributed by atoms with Gasteiger partial charge < -0.3 is 16.0 Å². The topological polar surface area (TPSA) is 53.2 Å². The van der Waals surface area contributed by atoms with Gasteiger partial charge in [0.25, 0.3) is 5.91 Å². The van der Waals surface area contributed by atoms with Crippen molar-refractivity contribution in [3.05, 3.63) is 75.4 Å². The molecule has 2 aromatic carbocycles. The number of halogens is 1. The maximum absolute atomic E-state index is 13.1. The van der Waals surface area contributed by atoms with Gasteiger partial charge in [-0.25, -0.2) is 0 Å². The molecule has 0 fully saturated rings. The summed E-state index contributed by atoms with van der Waals surface area (Å²) in [5.41, 5.74) is 5.16. The zero-order valence-corrected chi connectivity index (χ0v) is 16.4. The van der Waals surface area contributed by atoms with Crippen LogP contribution in [0.25, 0.3) is 0 Å². The van der Waals surface area contributed by atoms with Crippen molar-refractivity contribution < 1.29 is 4.79 Å². The van der Waals surface area contributed by atoms with Crippen molar-refractivity contribution in [1.82, 2.24) is 10.6 Å². The van der Waals surface area contributed by atoms with Gasteiger partial charge in [-0.2, -0.15) is 0 Å². The number of anilines is 1. The van der Waals surface area contributed by atoms with Crippen molar-refractivity contribution in [3.63, 3.8) is 0 Å². The second-order valence-electron chi connectivity index (χ2n) is 6.39. The molecule has 0 bridgehead atoms. The van der Waals surface area contributed by atoms with Crippen LogP contribution in [0.15, 0.2) is 53.7 Å². The van der Waals surface area contributed by atoms with Crippen LogP contribution in [0.3, 0.4) is 0 Å². The Morgan fingerprint density at radius 3 is 2.50 bits per heavy atom. The van der Waals surface area contributed by atoms with Crippen molar-refractivity contribution >= 4 is 40.5 Å². The third kappa shape index (κ3) is 3.89. The first kappa shape index (κ1) is 18.4. The lowest BCUT2D eigenvalue weighted by Gasteiger charge is -2.30. The van der Waals surface area contributed by atoms with E-state index in [0.29, 0.717) is 15.7 Å². The van der Waals surface area contributed by atoms with E-state index in [1.807, 2.05) is 51.1 Å². The van der Waals surface area contributed by atoms with Crippen molar-refractivity contribution in [2.24, 2.45) is 0 Å². The summed E-state index contributed by atoms with van der Waals surface area (Å²) in [5.74, 6) is -0.168. The normalized spacial score (nSPS) is 16.8. The third-order valence-electron chi connectivity index (χ3n) is 4.36. The minimum Gasteiger partial charge on any atom is -0.351 e. The molecule has 0 aliphatic carbocycles. The van der Waals surface area contributed by atoms with Gasteiger partial charge in [0.1, 0.15) is 0 Å². The molecule has 3 N–H and O–H groups in total. The molecule has 4 nitrogen and oxygen atoms in total. The van der Waals surface area contributed by atoms with Crippen molar-refractivity contribution in [1.29, 1.82) is 0 Å². The number of carbonyl (C=O) groups excluding carboxylic acids is 1. The summed E-state index contributed by atoms with van der Waals surface area (Å²) in [6, 6.07) is 13.0. The predicted octanol–water partition coefficient (Wildman–Crippen LogP) is 4.39. The number of nitrogens with one attached hydrogen (secondary N) is 3. The van der Waals surface area contributed by atoms with Crippen LogP contribution >= 0.6 is 23.8 Å². The zero-order chi connectivity index (χ0) is 18.8. The van der Waals surface area contributed by atoms with E-state index in [0.717, 1.165) is 28.1 Å². The smallest absolute Gasteiger partial charge is 0.255 e. The Morgan fingerprint density at radius 1 is 1.12 bits per heavy atom. The first-order valence-corrected chi connectivity index (χ1v) is 9.06. The molecule has 1 aliphatic heterocycles. The highest BCUT2D eigenvalue weighted by atomic mass is 35.5. The Morgan fingerprint density at radius 2 is 1.81 bits per heavy atom. The van der Waals surface area contributed by atoms with Crippen LogP contribution in [0.2, 0.25) is 5.02 Å². The molecule has 0 saturated heterocycles. The Balaban J connectivity index is 1.96. The number of rotatable bonds is 3. The second kappa shape index (κ2) is 7.48. The average molecular weight is 386 g/mol. The van der Waals surface area contributed by atoms with E-state index in [2.05, 4.69) is 16.0 Å². The fourth-order valence-electron chi connectivity index (χ4n) is 2.96. The maximum Gasteiger partial charge on any atom is 0.255 e. The summed E-state index contributed by atoms with van der Waals surface area (Å²) < 4.78 is 0. The number of aryl methyl sites for hydroxylation is 2. The number of hydrogen-bond donors (Lipinski definition) is 3. The summed E-state index contributed by atoms with van der Waals surface area (Å²) in [4.78, 5) is 13.1. The van der Waals surface area contributed by atoms with Gasteiger partial charge >= 0.3 is 0 Å². The summed E-state index contributed by atoms with van der Waals surface area (Å²) in [6.07, 6.45) is 0. The highest BCUT2D eigenvalue weighted by molar-refractivity contribution is 7.80. The predicted molar refractivity (Wildman–Crippen MR) is 110 cm³/mol. The molecule has 0 spiro atoms. The Labute approximate surface area is 163 Å². The average Bonchev–Trinajstić information content (AvgIpc) is 2.58. The van der Waals surface area contributed by atoms with Gasteiger partial charge in [-0.1, -0.05) is 35.9 Å². The third-order valence-corrected chi connectivity index (χ3v) is 4.83. The molecule has 1 heterocycles. The van der Waals surface area contributed by atoms with Crippen LogP contribution in [0.4, 0.5) is 5.69 Å². The first-order valence-electron chi connectivity index (χ1n) is 8.27. The summed E-state index contributed by atoms with van der Waals surface area (Å²) in [6.45, 7) is 5.83. The number of carbonyl (C=O) groups is 1. The van der Waals surface area contributed by atoms with Gasteiger partial charge in [0, 0.05) is 16.4 Å². The highest BCUT2D eigenvalue weighted by Gasteiger charge is 2.30. The summed E-state index contributed by atoms with van der Waals surface area (Å²) >= 11 is 11.3. The molecular weight excluding hydrogens is 366 g/mol. The number of allylic oxidation sites excluding steroid dienone is 1. The first-order chi connectivity index (χ1) is 12.3. The molecule has 0 saturated carbocycles. The highest BCUT2D eigenvalue weighted by Crippen LogP contribution is 2.29. The number of benzene rings is 2. The van der Waals surface area contributed by atoms with Gasteiger partial charge in [-0.05, 0) is 67.9 Å². The Bertz CT molecular complexity index is 906. The van der Waals surface area contributed by atoms with Crippen LogP contribution in [0.5, 0.6) is 0 Å². The molecule has 0 unspecified atom stereocenters. The van der Waals surface area contributed by atoms with Crippen LogP contribution in [0, 0.1) is 13.8 Å². The Hall–Kier alpha value is -2.37. The standard InChI is InChI=1S/C20H20ClN3OS/c1-11-4-5-12(2)16(10-11)23-19(25)17-13(3)22-20(26)24-18(17)14-6-8-15(21)9-7-14/h4-10,18H,1-3H3,(H,23,25)(H2,22,24,26)/t18-/m1/s1. The minimum absolute atomic E-state index is 0.168. The number of hydrogen-bond acceptors (Lipinski definition) is 2. The van der Waals surface area contributed by atoms with Crippen LogP contribution in [-0.4, -0.2) is 11.0 Å². The van der Waals surface area contributed by atoms with Crippen molar-refractivity contribution in [2.75, 3.05) is 5.32 Å². The molecule has 1 atom stereocenters. The largest absolute Gasteiger partial charge is 0.351 e. The van der Waals surface area contributed by atoms with E-state index >= 15 is 0 Å². The number of thiocarbonyl (C=S) groups is 1. The van der Waals surface area contributed by atoms with E-state index in [1.165, 1.54) is 0 Å². The monoisotopic (exact) mass is 385 g/mol. The number of amides is 1. The maximum atomic E-state index is 13.1. The molecule has 1 amide bonds. The van der Waals surface area contributed by atoms with Crippen molar-refractivity contribution in [3.8, 4) is 0 Å². The van der Waals surface area contributed by atoms with Gasteiger partial charge in [-0.15, -0.1) is 0 Å². The fourth-order valence-corrected chi connectivity index (χ4v) is 3.36. The lowest BCUT2D eigenvalue weighted by Crippen LogP contribution is -2.45. The van der Waals surface area contributed by atoms with Crippen molar-refractivity contribution in [2.45, 2.75) is 26.8 Å². The van der Waals surface area contributed by atoms with Gasteiger partial charge in [0.2, 0.25) is 0 Å². The molecule has 134 valence electrons. The quantitative estimate of drug-likeness (QED) is 0.686. The molecular formula is C20H20ClN3OS. The molecule has 3 rings (SSSR count). The van der Waals surface area contributed by atoms with Crippen LogP contribution in [-0.2, 0) is 4.79 Å².